The van der Waals surface area contributed by atoms with Gasteiger partial charge in [-0.2, -0.15) is 13.2 Å². The zero-order chi connectivity index (χ0) is 25.8. The van der Waals surface area contributed by atoms with Gasteiger partial charge in [0, 0.05) is 12.1 Å². The number of hydrogen-bond acceptors (Lipinski definition) is 2. The molecule has 4 nitrogen and oxygen atoms in total. The Morgan fingerprint density at radius 2 is 1.92 bits per heavy atom. The molecule has 3 aromatic carbocycles. The molecule has 1 aliphatic rings. The maximum atomic E-state index is 14.0. The number of likely N-dealkylation sites (tertiary alicyclic amines) is 1. The number of aryl methyl sites for hydroxylation is 1. The Morgan fingerprint density at radius 1 is 1.14 bits per heavy atom. The van der Waals surface area contributed by atoms with E-state index in [2.05, 4.69) is 9.97 Å². The molecule has 0 saturated carbocycles. The monoisotopic (exact) mass is 515 g/mol. The van der Waals surface area contributed by atoms with Gasteiger partial charge in [-0.3, -0.25) is 4.79 Å². The second kappa shape index (κ2) is 8.62. The van der Waals surface area contributed by atoms with Crippen LogP contribution in [0.2, 0.25) is 5.02 Å². The number of nitrogens with one attached hydrogen (secondary N) is 1. The molecule has 1 fully saturated rings. The fraction of sp³-hybridized carbons (Fsp3) is 0.259. The average molecular weight is 516 g/mol. The van der Waals surface area contributed by atoms with E-state index in [1.807, 2.05) is 19.9 Å². The van der Waals surface area contributed by atoms with Gasteiger partial charge in [-0.25, -0.2) is 9.37 Å². The highest BCUT2D eigenvalue weighted by Crippen LogP contribution is 2.42. The van der Waals surface area contributed by atoms with Crippen LogP contribution in [-0.4, -0.2) is 27.3 Å². The predicted molar refractivity (Wildman–Crippen MR) is 130 cm³/mol. The van der Waals surface area contributed by atoms with E-state index in [0.29, 0.717) is 47.4 Å². The van der Waals surface area contributed by atoms with Gasteiger partial charge in [-0.05, 0) is 68.1 Å². The molecule has 9 heteroatoms. The lowest BCUT2D eigenvalue weighted by atomic mass is 9.94. The minimum Gasteiger partial charge on any atom is -0.340 e. The first-order chi connectivity index (χ1) is 17.0. The largest absolute Gasteiger partial charge is 0.417 e. The molecule has 1 N–H and O–H groups in total. The summed E-state index contributed by atoms with van der Waals surface area (Å²) >= 11 is 5.89. The van der Waals surface area contributed by atoms with Gasteiger partial charge in [0.15, 0.2) is 0 Å². The zero-order valence-electron chi connectivity index (χ0n) is 19.5. The molecular weight excluding hydrogens is 494 g/mol. The van der Waals surface area contributed by atoms with Crippen LogP contribution in [0.3, 0.4) is 0 Å². The second-order valence-corrected chi connectivity index (χ2v) is 9.73. The number of aromatic amines is 1. The van der Waals surface area contributed by atoms with E-state index in [1.165, 1.54) is 18.2 Å². The summed E-state index contributed by atoms with van der Waals surface area (Å²) in [5.74, 6) is -0.275. The summed E-state index contributed by atoms with van der Waals surface area (Å²) in [5.41, 5.74) is 1.13. The van der Waals surface area contributed by atoms with Crippen LogP contribution in [0.25, 0.3) is 22.2 Å². The molecule has 4 aromatic rings. The third-order valence-electron chi connectivity index (χ3n) is 6.81. The number of alkyl halides is 3. The molecule has 0 radical (unpaired) electrons. The Morgan fingerprint density at radius 3 is 2.64 bits per heavy atom. The van der Waals surface area contributed by atoms with Crippen LogP contribution < -0.4 is 0 Å². The van der Waals surface area contributed by atoms with Gasteiger partial charge in [-0.1, -0.05) is 41.4 Å². The summed E-state index contributed by atoms with van der Waals surface area (Å²) in [7, 11) is 0. The van der Waals surface area contributed by atoms with Gasteiger partial charge in [0.25, 0.3) is 5.91 Å². The van der Waals surface area contributed by atoms with Gasteiger partial charge < -0.3 is 9.88 Å². The topological polar surface area (TPSA) is 49.0 Å². The third-order valence-corrected chi connectivity index (χ3v) is 7.13. The highest BCUT2D eigenvalue weighted by molar-refractivity contribution is 6.32. The number of nitrogens with zero attached hydrogens (tertiary/aromatic N) is 2. The first-order valence-electron chi connectivity index (χ1n) is 11.4. The van der Waals surface area contributed by atoms with Crippen LogP contribution in [0.4, 0.5) is 17.6 Å². The highest BCUT2D eigenvalue weighted by atomic mass is 35.5. The van der Waals surface area contributed by atoms with Crippen molar-refractivity contribution in [3.8, 4) is 11.1 Å². The number of rotatable bonds is 3. The molecule has 36 heavy (non-hydrogen) atoms. The first-order valence-corrected chi connectivity index (χ1v) is 11.8. The van der Waals surface area contributed by atoms with Crippen molar-refractivity contribution >= 4 is 28.5 Å². The minimum absolute atomic E-state index is 0.193. The molecule has 186 valence electrons. The number of hydrogen-bond donors (Lipinski definition) is 1. The fourth-order valence-electron chi connectivity index (χ4n) is 4.93. The lowest BCUT2D eigenvalue weighted by molar-refractivity contribution is -0.137. The summed E-state index contributed by atoms with van der Waals surface area (Å²) in [6.07, 6.45) is -3.34. The lowest BCUT2D eigenvalue weighted by Crippen LogP contribution is -2.43. The molecule has 1 amide bonds. The number of H-pyrrole nitrogens is 1. The van der Waals surface area contributed by atoms with Crippen molar-refractivity contribution in [2.45, 2.75) is 38.4 Å². The number of fused-ring (bicyclic) bond motifs is 1. The Labute approximate surface area is 209 Å². The average Bonchev–Trinajstić information content (AvgIpc) is 3.41. The molecule has 0 aliphatic carbocycles. The molecule has 0 spiro atoms. The number of carbonyl (C=O) groups is 1. The predicted octanol–water partition coefficient (Wildman–Crippen LogP) is 7.50. The third kappa shape index (κ3) is 4.13. The van der Waals surface area contributed by atoms with Gasteiger partial charge in [0.05, 0.1) is 27.2 Å². The van der Waals surface area contributed by atoms with Crippen LogP contribution in [0.5, 0.6) is 0 Å². The molecule has 1 saturated heterocycles. The Bertz CT molecular complexity index is 1500. The summed E-state index contributed by atoms with van der Waals surface area (Å²) in [5, 5.41) is -0.433. The van der Waals surface area contributed by atoms with E-state index in [-0.39, 0.29) is 11.4 Å². The van der Waals surface area contributed by atoms with Crippen LogP contribution in [0, 0.1) is 12.7 Å². The Kier molecular flexibility index (Phi) is 5.82. The van der Waals surface area contributed by atoms with Crippen molar-refractivity contribution in [2.24, 2.45) is 0 Å². The highest BCUT2D eigenvalue weighted by Gasteiger charge is 2.44. The minimum atomic E-state index is -4.60. The smallest absolute Gasteiger partial charge is 0.340 e. The van der Waals surface area contributed by atoms with E-state index in [9.17, 15) is 22.4 Å². The molecular formula is C27H22ClF4N3O. The van der Waals surface area contributed by atoms with Gasteiger partial charge in [0.1, 0.15) is 11.6 Å². The SMILES string of the molecule is Cc1ccc(-c2cccc(F)c2)c(C(=O)N2CCCC2(C)c2nc3cc(Cl)c(C(F)(F)F)cc3[nH]2)c1. The molecule has 1 aliphatic heterocycles. The number of amides is 1. The van der Waals surface area contributed by atoms with Crippen molar-refractivity contribution in [3.63, 3.8) is 0 Å². The van der Waals surface area contributed by atoms with Crippen LogP contribution in [0.1, 0.15) is 47.1 Å². The van der Waals surface area contributed by atoms with Crippen molar-refractivity contribution < 1.29 is 22.4 Å². The van der Waals surface area contributed by atoms with E-state index >= 15 is 0 Å². The van der Waals surface area contributed by atoms with Crippen molar-refractivity contribution in [1.82, 2.24) is 14.9 Å². The van der Waals surface area contributed by atoms with Crippen LogP contribution >= 0.6 is 11.6 Å². The zero-order valence-corrected chi connectivity index (χ0v) is 20.3. The maximum Gasteiger partial charge on any atom is 0.417 e. The first kappa shape index (κ1) is 24.3. The summed E-state index contributed by atoms with van der Waals surface area (Å²) < 4.78 is 54.0. The standard InChI is InChI=1S/C27H22ClF4N3O/c1-15-7-8-18(16-5-3-6-17(29)12-16)19(11-15)24(36)35-10-4-9-26(35,2)25-33-22-13-20(27(30,31)32)21(28)14-23(22)34-25/h3,5-8,11-14H,4,9-10H2,1-2H3,(H,33,34). The fourth-order valence-corrected chi connectivity index (χ4v) is 5.19. The van der Waals surface area contributed by atoms with E-state index < -0.39 is 28.1 Å². The maximum absolute atomic E-state index is 14.0. The summed E-state index contributed by atoms with van der Waals surface area (Å²) in [6, 6.07) is 13.6. The van der Waals surface area contributed by atoms with Gasteiger partial charge >= 0.3 is 6.18 Å². The second-order valence-electron chi connectivity index (χ2n) is 9.33. The number of halogens is 5. The molecule has 1 atom stereocenters. The number of benzene rings is 3. The van der Waals surface area contributed by atoms with E-state index in [0.717, 1.165) is 11.6 Å². The van der Waals surface area contributed by atoms with E-state index in [4.69, 9.17) is 11.6 Å². The normalized spacial score (nSPS) is 18.2. The summed E-state index contributed by atoms with van der Waals surface area (Å²) in [6.45, 7) is 4.16. The van der Waals surface area contributed by atoms with Crippen molar-refractivity contribution in [1.29, 1.82) is 0 Å². The Balaban J connectivity index is 1.58. The van der Waals surface area contributed by atoms with Crippen LogP contribution in [-0.2, 0) is 11.7 Å². The lowest BCUT2D eigenvalue weighted by Gasteiger charge is -2.34. The molecule has 5 rings (SSSR count). The van der Waals surface area contributed by atoms with E-state index in [1.54, 1.807) is 29.2 Å². The number of carbonyl (C=O) groups excluding carboxylic acids is 1. The van der Waals surface area contributed by atoms with Gasteiger partial charge in [-0.15, -0.1) is 0 Å². The number of aromatic nitrogens is 2. The van der Waals surface area contributed by atoms with Crippen LogP contribution in [0.15, 0.2) is 54.6 Å². The quantitative estimate of drug-likeness (QED) is 0.287. The Hall–Kier alpha value is -3.39. The molecule has 2 heterocycles. The van der Waals surface area contributed by atoms with Crippen molar-refractivity contribution in [2.75, 3.05) is 6.54 Å². The molecule has 1 aromatic heterocycles. The van der Waals surface area contributed by atoms with Gasteiger partial charge in [0.2, 0.25) is 0 Å². The number of imidazole rings is 1. The van der Waals surface area contributed by atoms with Crippen molar-refractivity contribution in [3.05, 3.63) is 88.0 Å². The summed E-state index contributed by atoms with van der Waals surface area (Å²) in [4.78, 5) is 23.2. The molecule has 0 bridgehead atoms. The molecule has 1 unspecified atom stereocenters.